The molecule has 2 aromatic heterocycles. The minimum Gasteiger partial charge on any atom is -0.347 e. The highest BCUT2D eigenvalue weighted by atomic mass is 35.5. The van der Waals surface area contributed by atoms with Crippen molar-refractivity contribution in [1.82, 2.24) is 24.9 Å². The number of hydrogen-bond donors (Lipinski definition) is 0. The molecule has 94 valence electrons. The Morgan fingerprint density at radius 1 is 1.11 bits per heavy atom. The number of rotatable bonds is 3. The van der Waals surface area contributed by atoms with Crippen molar-refractivity contribution in [2.24, 2.45) is 0 Å². The van der Waals surface area contributed by atoms with E-state index in [1.807, 2.05) is 27.1 Å². The van der Waals surface area contributed by atoms with Crippen molar-refractivity contribution in [2.45, 2.75) is 17.2 Å². The number of hydrogen-bond acceptors (Lipinski definition) is 7. The number of anilines is 1. The average Bonchev–Trinajstić information content (AvgIpc) is 2.28. The highest BCUT2D eigenvalue weighted by molar-refractivity contribution is 7.99. The molecule has 0 saturated heterocycles. The fraction of sp³-hybridized carbons (Fsp3) is 0.300. The summed E-state index contributed by atoms with van der Waals surface area (Å²) in [4.78, 5) is 22.5. The second kappa shape index (κ2) is 5.45. The van der Waals surface area contributed by atoms with Gasteiger partial charge in [-0.25, -0.2) is 9.97 Å². The van der Waals surface area contributed by atoms with Gasteiger partial charge < -0.3 is 4.90 Å². The van der Waals surface area contributed by atoms with E-state index in [0.29, 0.717) is 16.3 Å². The summed E-state index contributed by atoms with van der Waals surface area (Å²) in [6.07, 6.45) is 1.69. The van der Waals surface area contributed by atoms with Gasteiger partial charge in [-0.05, 0) is 36.4 Å². The second-order valence-corrected chi connectivity index (χ2v) is 4.94. The van der Waals surface area contributed by atoms with Crippen molar-refractivity contribution in [1.29, 1.82) is 0 Å². The Labute approximate surface area is 114 Å². The van der Waals surface area contributed by atoms with E-state index in [9.17, 15) is 0 Å². The summed E-state index contributed by atoms with van der Waals surface area (Å²) in [5, 5.41) is 1.22. The topological polar surface area (TPSA) is 67.7 Å². The van der Waals surface area contributed by atoms with Gasteiger partial charge in [-0.15, -0.1) is 0 Å². The summed E-state index contributed by atoms with van der Waals surface area (Å²) < 4.78 is 0. The molecule has 0 saturated carbocycles. The van der Waals surface area contributed by atoms with Gasteiger partial charge in [0.25, 0.3) is 0 Å². The molecular weight excluding hydrogens is 272 g/mol. The third kappa shape index (κ3) is 3.27. The van der Waals surface area contributed by atoms with Gasteiger partial charge in [0.2, 0.25) is 16.4 Å². The molecule has 18 heavy (non-hydrogen) atoms. The Bertz CT molecular complexity index is 562. The Morgan fingerprint density at radius 3 is 2.56 bits per heavy atom. The lowest BCUT2D eigenvalue weighted by atomic mass is 10.5. The van der Waals surface area contributed by atoms with Crippen LogP contribution < -0.4 is 4.90 Å². The molecule has 0 spiro atoms. The molecule has 2 heterocycles. The molecule has 0 aliphatic heterocycles. The van der Waals surface area contributed by atoms with Crippen LogP contribution in [0.3, 0.4) is 0 Å². The third-order valence-electron chi connectivity index (χ3n) is 1.93. The van der Waals surface area contributed by atoms with E-state index in [4.69, 9.17) is 11.6 Å². The Balaban J connectivity index is 2.29. The van der Waals surface area contributed by atoms with E-state index >= 15 is 0 Å². The Morgan fingerprint density at radius 2 is 1.89 bits per heavy atom. The molecule has 0 bridgehead atoms. The van der Waals surface area contributed by atoms with Gasteiger partial charge in [-0.1, -0.05) is 0 Å². The van der Waals surface area contributed by atoms with Crippen molar-refractivity contribution in [3.8, 4) is 0 Å². The number of aryl methyl sites for hydroxylation is 1. The van der Waals surface area contributed by atoms with Crippen LogP contribution in [0.15, 0.2) is 22.6 Å². The fourth-order valence-corrected chi connectivity index (χ4v) is 2.06. The Hall–Kier alpha value is -1.47. The van der Waals surface area contributed by atoms with Crippen LogP contribution in [0.4, 0.5) is 5.95 Å². The van der Waals surface area contributed by atoms with E-state index in [2.05, 4.69) is 24.9 Å². The molecule has 0 N–H and O–H groups in total. The number of aromatic nitrogens is 5. The molecule has 0 aliphatic rings. The van der Waals surface area contributed by atoms with E-state index in [1.54, 1.807) is 11.1 Å². The zero-order valence-electron chi connectivity index (χ0n) is 10.1. The smallest absolute Gasteiger partial charge is 0.230 e. The van der Waals surface area contributed by atoms with Crippen LogP contribution in [0.1, 0.15) is 5.69 Å². The third-order valence-corrected chi connectivity index (χ3v) is 2.84. The van der Waals surface area contributed by atoms with Crippen LogP contribution in [-0.4, -0.2) is 39.0 Å². The minimum absolute atomic E-state index is 0.156. The SMILES string of the molecule is Cc1ccnc(Sc2nc(Cl)nc(N(C)C)n2)n1. The average molecular weight is 283 g/mol. The summed E-state index contributed by atoms with van der Waals surface area (Å²) >= 11 is 7.10. The van der Waals surface area contributed by atoms with Crippen molar-refractivity contribution < 1.29 is 0 Å². The predicted molar refractivity (Wildman–Crippen MR) is 70.1 cm³/mol. The maximum absolute atomic E-state index is 5.85. The first kappa shape index (κ1) is 13.0. The molecule has 6 nitrogen and oxygen atoms in total. The molecule has 0 unspecified atom stereocenters. The van der Waals surface area contributed by atoms with E-state index in [-0.39, 0.29) is 5.28 Å². The molecule has 0 aliphatic carbocycles. The summed E-state index contributed by atoms with van der Waals surface area (Å²) in [6, 6.07) is 1.83. The van der Waals surface area contributed by atoms with E-state index in [1.165, 1.54) is 11.8 Å². The van der Waals surface area contributed by atoms with Gasteiger partial charge in [0.1, 0.15) is 0 Å². The molecule has 0 radical (unpaired) electrons. The number of nitrogens with zero attached hydrogens (tertiary/aromatic N) is 6. The quantitative estimate of drug-likeness (QED) is 0.796. The largest absolute Gasteiger partial charge is 0.347 e. The standard InChI is InChI=1S/C10H11ClN6S/c1-6-4-5-12-9(13-6)18-10-15-7(11)14-8(16-10)17(2)3/h4-5H,1-3H3. The van der Waals surface area contributed by atoms with Gasteiger partial charge in [0.05, 0.1) is 0 Å². The van der Waals surface area contributed by atoms with Crippen molar-refractivity contribution in [3.05, 3.63) is 23.2 Å². The first-order chi connectivity index (χ1) is 8.54. The van der Waals surface area contributed by atoms with Crippen molar-refractivity contribution in [3.63, 3.8) is 0 Å². The highest BCUT2D eigenvalue weighted by Gasteiger charge is 2.09. The zero-order chi connectivity index (χ0) is 13.1. The van der Waals surface area contributed by atoms with Crippen LogP contribution in [0.25, 0.3) is 0 Å². The highest BCUT2D eigenvalue weighted by Crippen LogP contribution is 2.23. The summed E-state index contributed by atoms with van der Waals surface area (Å²) in [5.41, 5.74) is 0.889. The van der Waals surface area contributed by atoms with Crippen LogP contribution in [0, 0.1) is 6.92 Å². The van der Waals surface area contributed by atoms with Crippen LogP contribution >= 0.6 is 23.4 Å². The van der Waals surface area contributed by atoms with Crippen LogP contribution in [0.5, 0.6) is 0 Å². The molecule has 0 atom stereocenters. The van der Waals surface area contributed by atoms with Crippen LogP contribution in [0.2, 0.25) is 5.28 Å². The monoisotopic (exact) mass is 282 g/mol. The van der Waals surface area contributed by atoms with E-state index < -0.39 is 0 Å². The second-order valence-electron chi connectivity index (χ2n) is 3.66. The van der Waals surface area contributed by atoms with E-state index in [0.717, 1.165) is 5.69 Å². The van der Waals surface area contributed by atoms with Gasteiger partial charge in [-0.3, -0.25) is 0 Å². The van der Waals surface area contributed by atoms with Gasteiger partial charge in [-0.2, -0.15) is 15.0 Å². The molecule has 0 amide bonds. The first-order valence-corrected chi connectivity index (χ1v) is 6.30. The summed E-state index contributed by atoms with van der Waals surface area (Å²) in [5.74, 6) is 0.505. The van der Waals surface area contributed by atoms with Gasteiger partial charge in [0, 0.05) is 26.0 Å². The summed E-state index contributed by atoms with van der Waals surface area (Å²) in [7, 11) is 3.67. The van der Waals surface area contributed by atoms with Crippen LogP contribution in [-0.2, 0) is 0 Å². The molecule has 2 aromatic rings. The van der Waals surface area contributed by atoms with Gasteiger partial charge in [0.15, 0.2) is 5.16 Å². The lowest BCUT2D eigenvalue weighted by Gasteiger charge is -2.10. The fourth-order valence-electron chi connectivity index (χ4n) is 1.12. The minimum atomic E-state index is 0.156. The lowest BCUT2D eigenvalue weighted by molar-refractivity contribution is 0.855. The maximum Gasteiger partial charge on any atom is 0.230 e. The zero-order valence-corrected chi connectivity index (χ0v) is 11.7. The molecule has 0 fully saturated rings. The summed E-state index contributed by atoms with van der Waals surface area (Å²) in [6.45, 7) is 1.90. The van der Waals surface area contributed by atoms with Gasteiger partial charge >= 0.3 is 0 Å². The Kier molecular flexibility index (Phi) is 3.93. The molecular formula is C10H11ClN6S. The first-order valence-electron chi connectivity index (χ1n) is 5.11. The predicted octanol–water partition coefficient (Wildman–Crippen LogP) is 1.84. The molecule has 2 rings (SSSR count). The maximum atomic E-state index is 5.85. The normalized spacial score (nSPS) is 10.4. The number of halogens is 1. The van der Waals surface area contributed by atoms with Crippen molar-refractivity contribution >= 4 is 29.3 Å². The van der Waals surface area contributed by atoms with Crippen molar-refractivity contribution in [2.75, 3.05) is 19.0 Å². The molecule has 8 heteroatoms. The lowest BCUT2D eigenvalue weighted by Crippen LogP contribution is -2.13. The molecule has 0 aromatic carbocycles.